The van der Waals surface area contributed by atoms with Crippen LogP contribution in [0.15, 0.2) is 36.7 Å². The summed E-state index contributed by atoms with van der Waals surface area (Å²) in [5.74, 6) is -0.688. The monoisotopic (exact) mass is 496 g/mol. The number of likely N-dealkylation sites (tertiary alicyclic amines) is 2. The summed E-state index contributed by atoms with van der Waals surface area (Å²) in [6.07, 6.45) is 7.97. The second-order valence-corrected chi connectivity index (χ2v) is 10.0. The number of piperidine rings is 3. The molecule has 0 radical (unpaired) electrons. The molecule has 3 saturated heterocycles. The van der Waals surface area contributed by atoms with E-state index in [0.717, 1.165) is 57.4 Å². The molecule has 1 aromatic carbocycles. The van der Waals surface area contributed by atoms with Crippen LogP contribution in [-0.2, 0) is 14.4 Å². The minimum absolute atomic E-state index is 0.183. The van der Waals surface area contributed by atoms with Gasteiger partial charge in [0.15, 0.2) is 0 Å². The van der Waals surface area contributed by atoms with Crippen molar-refractivity contribution in [2.24, 2.45) is 0 Å². The van der Waals surface area contributed by atoms with E-state index in [9.17, 15) is 18.8 Å². The van der Waals surface area contributed by atoms with Crippen molar-refractivity contribution in [3.8, 4) is 0 Å². The predicted molar refractivity (Wildman–Crippen MR) is 132 cm³/mol. The molecular formula is C26H33FN6O3. The van der Waals surface area contributed by atoms with Crippen LogP contribution >= 0.6 is 0 Å². The minimum Gasteiger partial charge on any atom is -0.371 e. The summed E-state index contributed by atoms with van der Waals surface area (Å²) in [6.45, 7) is 3.56. The zero-order chi connectivity index (χ0) is 25.1. The fourth-order valence-corrected chi connectivity index (χ4v) is 5.51. The van der Waals surface area contributed by atoms with Crippen molar-refractivity contribution in [1.82, 2.24) is 24.9 Å². The third-order valence-corrected chi connectivity index (χ3v) is 7.70. The van der Waals surface area contributed by atoms with Crippen LogP contribution in [0.2, 0.25) is 0 Å². The number of rotatable bonds is 6. The molecule has 2 N–H and O–H groups in total. The van der Waals surface area contributed by atoms with Crippen molar-refractivity contribution in [1.29, 1.82) is 0 Å². The lowest BCUT2D eigenvalue weighted by Gasteiger charge is -2.36. The Balaban J connectivity index is 1.08. The molecule has 3 aliphatic heterocycles. The average molecular weight is 497 g/mol. The number of carbonyl (C=O) groups is 3. The molecule has 0 saturated carbocycles. The molecule has 3 aliphatic rings. The highest BCUT2D eigenvalue weighted by Gasteiger charge is 2.29. The van der Waals surface area contributed by atoms with Crippen LogP contribution in [0.5, 0.6) is 0 Å². The van der Waals surface area contributed by atoms with Gasteiger partial charge in [-0.3, -0.25) is 29.3 Å². The molecule has 4 heterocycles. The van der Waals surface area contributed by atoms with Crippen LogP contribution < -0.4 is 10.6 Å². The molecule has 0 aliphatic carbocycles. The molecule has 0 spiro atoms. The topological polar surface area (TPSA) is 99.6 Å². The molecule has 1 unspecified atom stereocenters. The Labute approximate surface area is 210 Å². The van der Waals surface area contributed by atoms with Gasteiger partial charge >= 0.3 is 0 Å². The van der Waals surface area contributed by atoms with Crippen molar-refractivity contribution in [3.05, 3.63) is 48.0 Å². The van der Waals surface area contributed by atoms with E-state index in [-0.39, 0.29) is 29.8 Å². The van der Waals surface area contributed by atoms with Crippen LogP contribution in [-0.4, -0.2) is 76.1 Å². The van der Waals surface area contributed by atoms with Gasteiger partial charge in [-0.1, -0.05) is 6.07 Å². The molecular weight excluding hydrogens is 463 g/mol. The summed E-state index contributed by atoms with van der Waals surface area (Å²) in [6, 6.07) is 6.82. The molecule has 2 aromatic rings. The number of amides is 3. The lowest BCUT2D eigenvalue weighted by atomic mass is 9.89. The van der Waals surface area contributed by atoms with Gasteiger partial charge in [-0.25, -0.2) is 4.39 Å². The van der Waals surface area contributed by atoms with Gasteiger partial charge < -0.3 is 10.2 Å². The summed E-state index contributed by atoms with van der Waals surface area (Å²) in [4.78, 5) is 40.3. The number of carbonyl (C=O) groups excluding carboxylic acids is 3. The first-order valence-electron chi connectivity index (χ1n) is 12.8. The number of anilines is 1. The molecule has 36 heavy (non-hydrogen) atoms. The Hall–Kier alpha value is -3.27. The van der Waals surface area contributed by atoms with Crippen LogP contribution in [0.3, 0.4) is 0 Å². The fraction of sp³-hybridized carbons (Fsp3) is 0.538. The minimum atomic E-state index is -0.611. The highest BCUT2D eigenvalue weighted by atomic mass is 19.1. The molecule has 9 nitrogen and oxygen atoms in total. The van der Waals surface area contributed by atoms with E-state index in [4.69, 9.17) is 0 Å². The molecule has 5 rings (SSSR count). The number of halogens is 1. The van der Waals surface area contributed by atoms with E-state index in [1.165, 1.54) is 0 Å². The number of imide groups is 1. The Morgan fingerprint density at radius 2 is 1.86 bits per heavy atom. The average Bonchev–Trinajstić information content (AvgIpc) is 3.42. The van der Waals surface area contributed by atoms with E-state index in [1.54, 1.807) is 18.3 Å². The number of hydrogen-bond donors (Lipinski definition) is 2. The van der Waals surface area contributed by atoms with Gasteiger partial charge in [0.1, 0.15) is 11.9 Å². The number of aromatic nitrogens is 2. The zero-order valence-corrected chi connectivity index (χ0v) is 20.4. The number of benzene rings is 1. The van der Waals surface area contributed by atoms with Gasteiger partial charge in [0.05, 0.1) is 18.3 Å². The van der Waals surface area contributed by atoms with Gasteiger partial charge in [-0.05, 0) is 74.9 Å². The van der Waals surface area contributed by atoms with E-state index < -0.39 is 17.8 Å². The van der Waals surface area contributed by atoms with Gasteiger partial charge in [0.2, 0.25) is 17.7 Å². The summed E-state index contributed by atoms with van der Waals surface area (Å²) < 4.78 is 16.8. The second kappa shape index (κ2) is 10.8. The first-order chi connectivity index (χ1) is 17.5. The smallest absolute Gasteiger partial charge is 0.249 e. The summed E-state index contributed by atoms with van der Waals surface area (Å²) in [5.41, 5.74) is 1.21. The largest absolute Gasteiger partial charge is 0.371 e. The van der Waals surface area contributed by atoms with E-state index in [0.29, 0.717) is 19.0 Å². The number of nitrogens with one attached hydrogen (secondary N) is 2. The summed E-state index contributed by atoms with van der Waals surface area (Å²) in [5, 5.41) is 9.53. The van der Waals surface area contributed by atoms with Crippen LogP contribution in [0.1, 0.15) is 56.0 Å². The van der Waals surface area contributed by atoms with Crippen molar-refractivity contribution in [3.63, 3.8) is 0 Å². The molecule has 10 heteroatoms. The normalized spacial score (nSPS) is 22.5. The lowest BCUT2D eigenvalue weighted by molar-refractivity contribution is -0.135. The SMILES string of the molecule is O=C1CCC(Nc2ccc(C3CCN(CC(=O)N4CCC(n5cccn5)CC4)CC3)cc2F)C(=O)N1. The maximum Gasteiger partial charge on any atom is 0.249 e. The Bertz CT molecular complexity index is 1090. The lowest BCUT2D eigenvalue weighted by Crippen LogP contribution is -2.47. The van der Waals surface area contributed by atoms with Gasteiger partial charge in [-0.2, -0.15) is 5.10 Å². The van der Waals surface area contributed by atoms with Crippen molar-refractivity contribution in [2.75, 3.05) is 38.0 Å². The molecule has 192 valence electrons. The van der Waals surface area contributed by atoms with Crippen LogP contribution in [0.4, 0.5) is 10.1 Å². The van der Waals surface area contributed by atoms with E-state index in [2.05, 4.69) is 20.6 Å². The standard InChI is InChI=1S/C26H33FN6O3/c27-21-16-19(2-3-22(21)29-23-4-5-24(34)30-26(23)36)18-6-12-31(13-7-18)17-25(35)32-14-8-20(9-15-32)33-11-1-10-28-33/h1-3,10-11,16,18,20,23,29H,4-9,12-15,17H2,(H,30,34,36). The first-order valence-corrected chi connectivity index (χ1v) is 12.8. The zero-order valence-electron chi connectivity index (χ0n) is 20.4. The van der Waals surface area contributed by atoms with E-state index in [1.807, 2.05) is 27.9 Å². The van der Waals surface area contributed by atoms with Gasteiger partial charge in [0.25, 0.3) is 0 Å². The van der Waals surface area contributed by atoms with Gasteiger partial charge in [0, 0.05) is 31.9 Å². The molecule has 3 fully saturated rings. The summed E-state index contributed by atoms with van der Waals surface area (Å²) in [7, 11) is 0. The van der Waals surface area contributed by atoms with Crippen molar-refractivity contribution >= 4 is 23.4 Å². The molecule has 1 atom stereocenters. The maximum absolute atomic E-state index is 14.8. The van der Waals surface area contributed by atoms with E-state index >= 15 is 0 Å². The number of nitrogens with zero attached hydrogens (tertiary/aromatic N) is 4. The quantitative estimate of drug-likeness (QED) is 0.596. The Morgan fingerprint density at radius 3 is 2.53 bits per heavy atom. The molecule has 0 bridgehead atoms. The summed E-state index contributed by atoms with van der Waals surface area (Å²) >= 11 is 0. The van der Waals surface area contributed by atoms with Gasteiger partial charge in [-0.15, -0.1) is 0 Å². The Morgan fingerprint density at radius 1 is 1.08 bits per heavy atom. The van der Waals surface area contributed by atoms with Crippen LogP contribution in [0.25, 0.3) is 0 Å². The van der Waals surface area contributed by atoms with Crippen molar-refractivity contribution in [2.45, 2.75) is 56.5 Å². The molecule has 3 amide bonds. The number of hydrogen-bond acceptors (Lipinski definition) is 6. The first kappa shape index (κ1) is 24.4. The third-order valence-electron chi connectivity index (χ3n) is 7.70. The van der Waals surface area contributed by atoms with Crippen LogP contribution in [0, 0.1) is 5.82 Å². The fourth-order valence-electron chi connectivity index (χ4n) is 5.51. The predicted octanol–water partition coefficient (Wildman–Crippen LogP) is 2.28. The second-order valence-electron chi connectivity index (χ2n) is 10.0. The maximum atomic E-state index is 14.8. The third kappa shape index (κ3) is 5.59. The highest BCUT2D eigenvalue weighted by molar-refractivity contribution is 6.01. The Kier molecular flexibility index (Phi) is 7.31. The molecule has 1 aromatic heterocycles. The highest BCUT2D eigenvalue weighted by Crippen LogP contribution is 2.31. The van der Waals surface area contributed by atoms with Crippen molar-refractivity contribution < 1.29 is 18.8 Å².